The van der Waals surface area contributed by atoms with E-state index in [9.17, 15) is 4.79 Å². The minimum Gasteiger partial charge on any atom is -0.349 e. The lowest BCUT2D eigenvalue weighted by Crippen LogP contribution is -2.61. The SMILES string of the molecule is CCC1(NC(=O)C2CCN2)CCC1. The predicted octanol–water partition coefficient (Wildman–Crippen LogP) is 0.797. The number of amides is 1. The Labute approximate surface area is 79.3 Å². The molecule has 13 heavy (non-hydrogen) atoms. The fourth-order valence-electron chi connectivity index (χ4n) is 2.03. The highest BCUT2D eigenvalue weighted by Crippen LogP contribution is 2.34. The van der Waals surface area contributed by atoms with Crippen molar-refractivity contribution in [1.82, 2.24) is 10.6 Å². The molecule has 2 aliphatic rings. The zero-order valence-electron chi connectivity index (χ0n) is 8.23. The summed E-state index contributed by atoms with van der Waals surface area (Å²) in [6.45, 7) is 3.16. The first-order valence-corrected chi connectivity index (χ1v) is 5.31. The van der Waals surface area contributed by atoms with E-state index in [4.69, 9.17) is 0 Å². The van der Waals surface area contributed by atoms with Crippen LogP contribution in [0.3, 0.4) is 0 Å². The van der Waals surface area contributed by atoms with Gasteiger partial charge in [0.1, 0.15) is 0 Å². The predicted molar refractivity (Wildman–Crippen MR) is 51.4 cm³/mol. The average Bonchev–Trinajstić information content (AvgIpc) is 1.93. The Morgan fingerprint density at radius 3 is 2.62 bits per heavy atom. The van der Waals surface area contributed by atoms with Crippen LogP contribution in [0, 0.1) is 0 Å². The van der Waals surface area contributed by atoms with Crippen LogP contribution in [-0.2, 0) is 4.79 Å². The van der Waals surface area contributed by atoms with Crippen LogP contribution in [0.2, 0.25) is 0 Å². The minimum absolute atomic E-state index is 0.101. The molecule has 0 radical (unpaired) electrons. The van der Waals surface area contributed by atoms with Gasteiger partial charge in [0.2, 0.25) is 5.91 Å². The van der Waals surface area contributed by atoms with Crippen molar-refractivity contribution in [2.75, 3.05) is 6.54 Å². The quantitative estimate of drug-likeness (QED) is 0.677. The van der Waals surface area contributed by atoms with Crippen LogP contribution < -0.4 is 10.6 Å². The molecule has 0 aromatic rings. The van der Waals surface area contributed by atoms with E-state index in [1.165, 1.54) is 19.3 Å². The van der Waals surface area contributed by atoms with Crippen molar-refractivity contribution < 1.29 is 4.79 Å². The maximum absolute atomic E-state index is 11.6. The molecular weight excluding hydrogens is 164 g/mol. The van der Waals surface area contributed by atoms with E-state index in [1.54, 1.807) is 0 Å². The summed E-state index contributed by atoms with van der Waals surface area (Å²) in [5, 5.41) is 6.31. The highest BCUT2D eigenvalue weighted by molar-refractivity contribution is 5.83. The van der Waals surface area contributed by atoms with E-state index < -0.39 is 0 Å². The van der Waals surface area contributed by atoms with Crippen molar-refractivity contribution in [3.05, 3.63) is 0 Å². The average molecular weight is 182 g/mol. The Hall–Kier alpha value is -0.570. The zero-order chi connectivity index (χ0) is 9.31. The first-order valence-electron chi connectivity index (χ1n) is 5.31. The third kappa shape index (κ3) is 1.57. The number of nitrogens with one attached hydrogen (secondary N) is 2. The summed E-state index contributed by atoms with van der Waals surface area (Å²) in [6, 6.07) is 0.101. The van der Waals surface area contributed by atoms with Crippen LogP contribution in [0.25, 0.3) is 0 Å². The summed E-state index contributed by atoms with van der Waals surface area (Å²) in [6.07, 6.45) is 5.69. The molecule has 1 aliphatic heterocycles. The second kappa shape index (κ2) is 3.29. The third-order valence-electron chi connectivity index (χ3n) is 3.52. The smallest absolute Gasteiger partial charge is 0.237 e. The molecule has 1 aliphatic carbocycles. The van der Waals surface area contributed by atoms with Crippen LogP contribution in [0.15, 0.2) is 0 Å². The molecule has 2 rings (SSSR count). The molecule has 0 spiro atoms. The molecule has 1 amide bonds. The Bertz CT molecular complexity index is 201. The van der Waals surface area contributed by atoms with Gasteiger partial charge in [0.15, 0.2) is 0 Å². The number of rotatable bonds is 3. The van der Waals surface area contributed by atoms with Gasteiger partial charge in [-0.15, -0.1) is 0 Å². The van der Waals surface area contributed by atoms with Gasteiger partial charge in [-0.3, -0.25) is 4.79 Å². The van der Waals surface area contributed by atoms with Crippen molar-refractivity contribution in [2.45, 2.75) is 50.6 Å². The second-order valence-corrected chi connectivity index (χ2v) is 4.27. The summed E-state index contributed by atoms with van der Waals surface area (Å²) >= 11 is 0. The van der Waals surface area contributed by atoms with Gasteiger partial charge in [0, 0.05) is 5.54 Å². The first-order chi connectivity index (χ1) is 6.26. The largest absolute Gasteiger partial charge is 0.349 e. The fourth-order valence-corrected chi connectivity index (χ4v) is 2.03. The second-order valence-electron chi connectivity index (χ2n) is 4.27. The van der Waals surface area contributed by atoms with E-state index in [0.29, 0.717) is 0 Å². The highest BCUT2D eigenvalue weighted by atomic mass is 16.2. The van der Waals surface area contributed by atoms with Gasteiger partial charge in [-0.25, -0.2) is 0 Å². The zero-order valence-corrected chi connectivity index (χ0v) is 8.23. The van der Waals surface area contributed by atoms with Crippen molar-refractivity contribution in [2.24, 2.45) is 0 Å². The Balaban J connectivity index is 1.84. The molecule has 2 fully saturated rings. The van der Waals surface area contributed by atoms with Gasteiger partial charge in [-0.05, 0) is 38.6 Å². The van der Waals surface area contributed by atoms with E-state index in [0.717, 1.165) is 19.4 Å². The van der Waals surface area contributed by atoms with Crippen molar-refractivity contribution in [1.29, 1.82) is 0 Å². The molecule has 0 bridgehead atoms. The van der Waals surface area contributed by atoms with Gasteiger partial charge in [-0.1, -0.05) is 6.92 Å². The van der Waals surface area contributed by atoms with Crippen LogP contribution in [0.5, 0.6) is 0 Å². The number of hydrogen-bond acceptors (Lipinski definition) is 2. The minimum atomic E-state index is 0.101. The standard InChI is InChI=1S/C10H18N2O/c1-2-10(5-3-6-10)12-9(13)8-4-7-11-8/h8,11H,2-7H2,1H3,(H,12,13). The lowest BCUT2D eigenvalue weighted by molar-refractivity contribution is -0.127. The molecule has 0 aromatic carbocycles. The normalized spacial score (nSPS) is 30.1. The third-order valence-corrected chi connectivity index (χ3v) is 3.52. The molecule has 1 atom stereocenters. The van der Waals surface area contributed by atoms with Crippen molar-refractivity contribution in [3.63, 3.8) is 0 Å². The topological polar surface area (TPSA) is 41.1 Å². The Kier molecular flexibility index (Phi) is 2.28. The molecular formula is C10H18N2O. The molecule has 3 nitrogen and oxygen atoms in total. The summed E-state index contributed by atoms with van der Waals surface area (Å²) < 4.78 is 0. The fraction of sp³-hybridized carbons (Fsp3) is 0.900. The van der Waals surface area contributed by atoms with Crippen LogP contribution in [0.1, 0.15) is 39.0 Å². The van der Waals surface area contributed by atoms with Crippen LogP contribution >= 0.6 is 0 Å². The molecule has 1 saturated heterocycles. The maximum atomic E-state index is 11.6. The van der Waals surface area contributed by atoms with Gasteiger partial charge in [-0.2, -0.15) is 0 Å². The van der Waals surface area contributed by atoms with Crippen LogP contribution in [-0.4, -0.2) is 24.0 Å². The van der Waals surface area contributed by atoms with Gasteiger partial charge >= 0.3 is 0 Å². The van der Waals surface area contributed by atoms with Gasteiger partial charge in [0.25, 0.3) is 0 Å². The molecule has 1 saturated carbocycles. The molecule has 1 heterocycles. The van der Waals surface area contributed by atoms with Gasteiger partial charge in [0.05, 0.1) is 6.04 Å². The number of hydrogen-bond donors (Lipinski definition) is 2. The summed E-state index contributed by atoms with van der Waals surface area (Å²) in [7, 11) is 0. The van der Waals surface area contributed by atoms with E-state index >= 15 is 0 Å². The lowest BCUT2D eigenvalue weighted by Gasteiger charge is -2.43. The summed E-state index contributed by atoms with van der Waals surface area (Å²) in [5.74, 6) is 0.216. The maximum Gasteiger partial charge on any atom is 0.237 e. The van der Waals surface area contributed by atoms with Gasteiger partial charge < -0.3 is 10.6 Å². The first kappa shape index (κ1) is 9.00. The molecule has 1 unspecified atom stereocenters. The monoisotopic (exact) mass is 182 g/mol. The van der Waals surface area contributed by atoms with E-state index in [2.05, 4.69) is 17.6 Å². The van der Waals surface area contributed by atoms with Crippen molar-refractivity contribution in [3.8, 4) is 0 Å². The molecule has 3 heteroatoms. The molecule has 0 aromatic heterocycles. The van der Waals surface area contributed by atoms with E-state index in [1.807, 2.05) is 0 Å². The highest BCUT2D eigenvalue weighted by Gasteiger charge is 2.38. The lowest BCUT2D eigenvalue weighted by atomic mass is 9.74. The Morgan fingerprint density at radius 2 is 2.31 bits per heavy atom. The molecule has 2 N–H and O–H groups in total. The number of carbonyl (C=O) groups excluding carboxylic acids is 1. The summed E-state index contributed by atoms with van der Waals surface area (Å²) in [5.41, 5.74) is 0.161. The van der Waals surface area contributed by atoms with Crippen molar-refractivity contribution >= 4 is 5.91 Å². The Morgan fingerprint density at radius 1 is 1.62 bits per heavy atom. The van der Waals surface area contributed by atoms with Crippen LogP contribution in [0.4, 0.5) is 0 Å². The summed E-state index contributed by atoms with van der Waals surface area (Å²) in [4.78, 5) is 11.6. The van der Waals surface area contributed by atoms with E-state index in [-0.39, 0.29) is 17.5 Å². The number of carbonyl (C=O) groups is 1. The molecule has 74 valence electrons.